The minimum absolute atomic E-state index is 0.179. The quantitative estimate of drug-likeness (QED) is 0.436. The van der Waals surface area contributed by atoms with Crippen LogP contribution in [0.5, 0.6) is 0 Å². The zero-order valence-corrected chi connectivity index (χ0v) is 17.3. The van der Waals surface area contributed by atoms with E-state index >= 15 is 0 Å². The average Bonchev–Trinajstić information content (AvgIpc) is 2.69. The normalized spacial score (nSPS) is 11.4. The maximum Gasteiger partial charge on any atom is 0.339 e. The predicted molar refractivity (Wildman–Crippen MR) is 109 cm³/mol. The number of hydrogen-bond donors (Lipinski definition) is 1. The van der Waals surface area contributed by atoms with Crippen LogP contribution in [0.3, 0.4) is 0 Å². The van der Waals surface area contributed by atoms with Gasteiger partial charge in [0.05, 0.1) is 23.2 Å². The van der Waals surface area contributed by atoms with Crippen LogP contribution in [0.1, 0.15) is 44.3 Å². The molecule has 0 unspecified atom stereocenters. The fourth-order valence-electron chi connectivity index (χ4n) is 2.95. The molecule has 0 saturated carbocycles. The summed E-state index contributed by atoms with van der Waals surface area (Å²) in [7, 11) is 1.11. The van der Waals surface area contributed by atoms with Crippen molar-refractivity contribution in [2.45, 2.75) is 33.8 Å². The number of nitro groups is 1. The largest absolute Gasteiger partial charge is 0.465 e. The number of benzene rings is 2. The molecule has 0 aliphatic heterocycles. The zero-order valence-electron chi connectivity index (χ0n) is 17.3. The van der Waals surface area contributed by atoms with Gasteiger partial charge in [0, 0.05) is 17.8 Å². The summed E-state index contributed by atoms with van der Waals surface area (Å²) in [5.74, 6) is -2.38. The molecule has 0 fully saturated rings. The number of anilines is 1. The van der Waals surface area contributed by atoms with Gasteiger partial charge in [-0.2, -0.15) is 0 Å². The van der Waals surface area contributed by atoms with Gasteiger partial charge in [-0.15, -0.1) is 0 Å². The Balaban J connectivity index is 2.21. The fourth-order valence-corrected chi connectivity index (χ4v) is 2.95. The van der Waals surface area contributed by atoms with Crippen molar-refractivity contribution in [1.29, 1.82) is 0 Å². The fraction of sp³-hybridized carbons (Fsp3) is 0.286. The Kier molecular flexibility index (Phi) is 6.89. The molecule has 2 rings (SSSR count). The number of nitro benzene ring substituents is 1. The lowest BCUT2D eigenvalue weighted by atomic mass is 10.0. The van der Waals surface area contributed by atoms with Gasteiger partial charge in [0.15, 0.2) is 6.10 Å². The van der Waals surface area contributed by atoms with Crippen molar-refractivity contribution in [3.05, 3.63) is 68.3 Å². The summed E-state index contributed by atoms with van der Waals surface area (Å²) < 4.78 is 9.70. The van der Waals surface area contributed by atoms with Gasteiger partial charge >= 0.3 is 11.9 Å². The van der Waals surface area contributed by atoms with E-state index in [2.05, 4.69) is 10.1 Å². The Hall–Kier alpha value is -3.75. The summed E-state index contributed by atoms with van der Waals surface area (Å²) in [5, 5.41) is 13.8. The molecule has 2 aromatic carbocycles. The summed E-state index contributed by atoms with van der Waals surface area (Å²) in [5.41, 5.74) is 2.49. The number of methoxy groups -OCH3 is 1. The minimum atomic E-state index is -1.18. The number of nitrogens with one attached hydrogen (secondary N) is 1. The van der Waals surface area contributed by atoms with Crippen molar-refractivity contribution >= 4 is 29.2 Å². The Labute approximate surface area is 173 Å². The molecule has 1 N–H and O–H groups in total. The number of ether oxygens (including phenoxy) is 2. The monoisotopic (exact) mass is 414 g/mol. The van der Waals surface area contributed by atoms with Gasteiger partial charge in [0.2, 0.25) is 0 Å². The van der Waals surface area contributed by atoms with Gasteiger partial charge in [-0.1, -0.05) is 17.7 Å². The highest BCUT2D eigenvalue weighted by Gasteiger charge is 2.23. The van der Waals surface area contributed by atoms with Crippen LogP contribution in [0.4, 0.5) is 11.4 Å². The molecule has 2 aromatic rings. The highest BCUT2D eigenvalue weighted by molar-refractivity contribution is 6.00. The number of aryl methyl sites for hydroxylation is 3. The first kappa shape index (κ1) is 22.5. The number of esters is 2. The molecular weight excluding hydrogens is 392 g/mol. The number of rotatable bonds is 6. The lowest BCUT2D eigenvalue weighted by Gasteiger charge is -2.17. The highest BCUT2D eigenvalue weighted by atomic mass is 16.6. The average molecular weight is 414 g/mol. The Morgan fingerprint density at radius 3 is 2.00 bits per heavy atom. The molecule has 158 valence electrons. The number of amides is 1. The lowest BCUT2D eigenvalue weighted by molar-refractivity contribution is -0.384. The van der Waals surface area contributed by atoms with E-state index in [1.54, 1.807) is 0 Å². The Bertz CT molecular complexity index is 1010. The van der Waals surface area contributed by atoms with Crippen molar-refractivity contribution in [2.75, 3.05) is 12.4 Å². The number of carbonyl (C=O) groups is 3. The maximum atomic E-state index is 12.5. The molecule has 0 radical (unpaired) electrons. The number of carbonyl (C=O) groups excluding carboxylic acids is 3. The van der Waals surface area contributed by atoms with Gasteiger partial charge in [0.1, 0.15) is 0 Å². The highest BCUT2D eigenvalue weighted by Crippen LogP contribution is 2.23. The van der Waals surface area contributed by atoms with Crippen LogP contribution in [0.2, 0.25) is 0 Å². The van der Waals surface area contributed by atoms with Crippen molar-refractivity contribution in [1.82, 2.24) is 0 Å². The molecule has 1 atom stereocenters. The second kappa shape index (κ2) is 9.17. The second-order valence-electron chi connectivity index (χ2n) is 6.83. The van der Waals surface area contributed by atoms with Gasteiger partial charge in [-0.25, -0.2) is 9.59 Å². The molecule has 30 heavy (non-hydrogen) atoms. The van der Waals surface area contributed by atoms with Crippen LogP contribution >= 0.6 is 0 Å². The van der Waals surface area contributed by atoms with Crippen LogP contribution in [0.25, 0.3) is 0 Å². The van der Waals surface area contributed by atoms with Gasteiger partial charge < -0.3 is 14.8 Å². The molecule has 0 aliphatic carbocycles. The third-order valence-corrected chi connectivity index (χ3v) is 4.36. The molecule has 0 spiro atoms. The molecular formula is C21H22N2O7. The predicted octanol–water partition coefficient (Wildman–Crippen LogP) is 3.49. The van der Waals surface area contributed by atoms with E-state index < -0.39 is 34.6 Å². The van der Waals surface area contributed by atoms with Gasteiger partial charge in [-0.3, -0.25) is 14.9 Å². The van der Waals surface area contributed by atoms with E-state index in [4.69, 9.17) is 4.74 Å². The lowest BCUT2D eigenvalue weighted by Crippen LogP contribution is -2.30. The first-order valence-electron chi connectivity index (χ1n) is 9.01. The minimum Gasteiger partial charge on any atom is -0.465 e. The van der Waals surface area contributed by atoms with E-state index in [0.717, 1.165) is 42.0 Å². The molecule has 0 aromatic heterocycles. The van der Waals surface area contributed by atoms with E-state index in [1.165, 1.54) is 6.92 Å². The molecule has 0 aliphatic rings. The van der Waals surface area contributed by atoms with Crippen LogP contribution in [0.15, 0.2) is 30.3 Å². The Morgan fingerprint density at radius 1 is 0.967 bits per heavy atom. The summed E-state index contributed by atoms with van der Waals surface area (Å²) in [6.07, 6.45) is -1.18. The molecule has 0 heterocycles. The third-order valence-electron chi connectivity index (χ3n) is 4.36. The summed E-state index contributed by atoms with van der Waals surface area (Å²) in [6.45, 7) is 7.02. The smallest absolute Gasteiger partial charge is 0.339 e. The van der Waals surface area contributed by atoms with Gasteiger partial charge in [0.25, 0.3) is 11.6 Å². The summed E-state index contributed by atoms with van der Waals surface area (Å²) in [4.78, 5) is 47.0. The molecule has 0 saturated heterocycles. The van der Waals surface area contributed by atoms with Crippen LogP contribution in [-0.2, 0) is 14.3 Å². The van der Waals surface area contributed by atoms with E-state index in [1.807, 2.05) is 32.9 Å². The van der Waals surface area contributed by atoms with Crippen molar-refractivity contribution in [3.8, 4) is 0 Å². The third kappa shape index (κ3) is 5.19. The maximum absolute atomic E-state index is 12.5. The van der Waals surface area contributed by atoms with Gasteiger partial charge in [-0.05, 0) is 44.9 Å². The molecule has 9 nitrogen and oxygen atoms in total. The van der Waals surface area contributed by atoms with E-state index in [9.17, 15) is 24.5 Å². The SMILES string of the molecule is COC(=O)c1cc(C(=O)O[C@H](C)C(=O)Nc2c(C)cc(C)cc2C)cc([N+](=O)[O-])c1. The van der Waals surface area contributed by atoms with Crippen LogP contribution in [0, 0.1) is 30.9 Å². The number of hydrogen-bond acceptors (Lipinski definition) is 7. The molecule has 0 bridgehead atoms. The molecule has 9 heteroatoms. The standard InChI is InChI=1S/C21H22N2O7/c1-11-6-12(2)18(13(3)7-11)22-19(24)14(4)30-21(26)16-8-15(20(25)29-5)9-17(10-16)23(27)28/h6-10,14H,1-5H3,(H,22,24)/t14-/m1/s1. The first-order chi connectivity index (χ1) is 14.0. The van der Waals surface area contributed by atoms with Crippen LogP contribution in [-0.4, -0.2) is 36.0 Å². The van der Waals surface area contributed by atoms with E-state index in [-0.39, 0.29) is 11.1 Å². The summed E-state index contributed by atoms with van der Waals surface area (Å²) >= 11 is 0. The van der Waals surface area contributed by atoms with Crippen LogP contribution < -0.4 is 5.32 Å². The molecule has 1 amide bonds. The second-order valence-corrected chi connectivity index (χ2v) is 6.83. The summed E-state index contributed by atoms with van der Waals surface area (Å²) in [6, 6.07) is 6.89. The number of non-ortho nitro benzene ring substituents is 1. The van der Waals surface area contributed by atoms with Crippen molar-refractivity contribution in [3.63, 3.8) is 0 Å². The Morgan fingerprint density at radius 2 is 1.50 bits per heavy atom. The van der Waals surface area contributed by atoms with E-state index in [0.29, 0.717) is 5.69 Å². The number of nitrogens with zero attached hydrogens (tertiary/aromatic N) is 1. The zero-order chi connectivity index (χ0) is 22.6. The van der Waals surface area contributed by atoms with Crippen molar-refractivity contribution in [2.24, 2.45) is 0 Å². The topological polar surface area (TPSA) is 125 Å². The van der Waals surface area contributed by atoms with Crippen molar-refractivity contribution < 1.29 is 28.8 Å². The first-order valence-corrected chi connectivity index (χ1v) is 9.01.